The van der Waals surface area contributed by atoms with Gasteiger partial charge in [-0.05, 0) is 29.8 Å². The number of aromatic nitrogens is 2. The summed E-state index contributed by atoms with van der Waals surface area (Å²) in [5.41, 5.74) is 7.13. The highest BCUT2D eigenvalue weighted by molar-refractivity contribution is 6.76. The van der Waals surface area contributed by atoms with Crippen molar-refractivity contribution in [1.82, 2.24) is 9.55 Å². The van der Waals surface area contributed by atoms with Crippen LogP contribution in [0.1, 0.15) is 0 Å². The summed E-state index contributed by atoms with van der Waals surface area (Å²) in [4.78, 5) is 4.45. The van der Waals surface area contributed by atoms with Gasteiger partial charge in [-0.15, -0.1) is 0 Å². The Labute approximate surface area is 197 Å². The molecule has 0 saturated heterocycles. The average Bonchev–Trinajstić information content (AvgIpc) is 3.13. The van der Waals surface area contributed by atoms with Crippen molar-refractivity contribution in [1.29, 1.82) is 0 Å². The normalized spacial score (nSPS) is 11.8. The summed E-state index contributed by atoms with van der Waals surface area (Å²) in [7, 11) is -1.26. The van der Waals surface area contributed by atoms with E-state index in [4.69, 9.17) is 15.2 Å². The molecule has 2 heterocycles. The Kier molecular flexibility index (Phi) is 6.67. The predicted molar refractivity (Wildman–Crippen MR) is 130 cm³/mol. The lowest BCUT2D eigenvalue weighted by Gasteiger charge is -2.15. The second-order valence-electron chi connectivity index (χ2n) is 9.29. The van der Waals surface area contributed by atoms with E-state index < -0.39 is 31.3 Å². The number of anilines is 1. The Morgan fingerprint density at radius 1 is 1.03 bits per heavy atom. The highest BCUT2D eigenvalue weighted by Crippen LogP contribution is 2.39. The van der Waals surface area contributed by atoms with Crippen LogP contribution in [0.25, 0.3) is 22.2 Å². The zero-order valence-electron chi connectivity index (χ0n) is 19.2. The van der Waals surface area contributed by atoms with Crippen molar-refractivity contribution in [2.45, 2.75) is 32.4 Å². The number of benzene rings is 2. The third-order valence-corrected chi connectivity index (χ3v) is 7.02. The topological polar surface area (TPSA) is 62.3 Å². The molecule has 4 aromatic rings. The summed E-state index contributed by atoms with van der Waals surface area (Å²) in [5, 5.41) is 0.484. The molecule has 0 aliphatic heterocycles. The molecule has 34 heavy (non-hydrogen) atoms. The van der Waals surface area contributed by atoms with Crippen LogP contribution in [-0.2, 0) is 11.5 Å². The summed E-state index contributed by atoms with van der Waals surface area (Å²) in [6.45, 7) is 7.62. The van der Waals surface area contributed by atoms with Crippen molar-refractivity contribution in [3.63, 3.8) is 0 Å². The van der Waals surface area contributed by atoms with E-state index in [1.165, 1.54) is 24.4 Å². The molecule has 2 N–H and O–H groups in total. The van der Waals surface area contributed by atoms with Crippen LogP contribution in [0.2, 0.25) is 25.7 Å². The third-order valence-electron chi connectivity index (χ3n) is 5.31. The standard InChI is InChI=1S/C25H26F3N3O2Si/c1-34(2,3)10-9-32-15-31-14-19(16-5-4-6-17(26)11-16)23-22(7-8-30-25(23)31)33-24-20(27)12-18(29)13-21(24)28/h4-8,11-14H,9-10,15,29H2,1-3H3. The van der Waals surface area contributed by atoms with Crippen LogP contribution in [0, 0.1) is 17.5 Å². The smallest absolute Gasteiger partial charge is 0.198 e. The lowest BCUT2D eigenvalue weighted by atomic mass is 10.1. The largest absolute Gasteiger partial charge is 0.450 e. The minimum absolute atomic E-state index is 0.0516. The molecule has 2 aromatic heterocycles. The molecular formula is C25H26F3N3O2Si. The second kappa shape index (κ2) is 9.52. The number of ether oxygens (including phenoxy) is 2. The number of pyridine rings is 1. The van der Waals surface area contributed by atoms with Gasteiger partial charge in [0.25, 0.3) is 0 Å². The minimum atomic E-state index is -1.26. The molecule has 0 fully saturated rings. The van der Waals surface area contributed by atoms with E-state index in [0.717, 1.165) is 18.2 Å². The van der Waals surface area contributed by atoms with Gasteiger partial charge in [0.05, 0.1) is 5.39 Å². The fourth-order valence-corrected chi connectivity index (χ4v) is 4.33. The van der Waals surface area contributed by atoms with Crippen molar-refractivity contribution in [3.8, 4) is 22.6 Å². The number of hydrogen-bond acceptors (Lipinski definition) is 4. The van der Waals surface area contributed by atoms with Gasteiger partial charge in [0.1, 0.15) is 23.9 Å². The Bertz CT molecular complexity index is 1310. The lowest BCUT2D eigenvalue weighted by molar-refractivity contribution is 0.0899. The summed E-state index contributed by atoms with van der Waals surface area (Å²) >= 11 is 0. The number of fused-ring (bicyclic) bond motifs is 1. The van der Waals surface area contributed by atoms with Gasteiger partial charge in [0.2, 0.25) is 0 Å². The van der Waals surface area contributed by atoms with Crippen LogP contribution in [0.5, 0.6) is 11.5 Å². The van der Waals surface area contributed by atoms with E-state index in [9.17, 15) is 13.2 Å². The molecule has 0 unspecified atom stereocenters. The van der Waals surface area contributed by atoms with Gasteiger partial charge >= 0.3 is 0 Å². The van der Waals surface area contributed by atoms with E-state index >= 15 is 0 Å². The summed E-state index contributed by atoms with van der Waals surface area (Å²) in [6.07, 6.45) is 3.27. The molecule has 9 heteroatoms. The molecule has 178 valence electrons. The maximum absolute atomic E-state index is 14.4. The van der Waals surface area contributed by atoms with E-state index in [2.05, 4.69) is 24.6 Å². The van der Waals surface area contributed by atoms with Gasteiger partial charge in [-0.2, -0.15) is 0 Å². The molecule has 0 spiro atoms. The average molecular weight is 486 g/mol. The first kappa shape index (κ1) is 23.8. The fraction of sp³-hybridized carbons (Fsp3) is 0.240. The van der Waals surface area contributed by atoms with Crippen molar-refractivity contribution < 1.29 is 22.6 Å². The van der Waals surface area contributed by atoms with Crippen molar-refractivity contribution in [3.05, 3.63) is 72.3 Å². The molecule has 0 atom stereocenters. The zero-order chi connectivity index (χ0) is 24.5. The molecule has 2 aromatic carbocycles. The van der Waals surface area contributed by atoms with Gasteiger partial charge in [-0.3, -0.25) is 0 Å². The first-order valence-corrected chi connectivity index (χ1v) is 14.6. The third kappa shape index (κ3) is 5.26. The van der Waals surface area contributed by atoms with Crippen molar-refractivity contribution >= 4 is 24.8 Å². The summed E-state index contributed by atoms with van der Waals surface area (Å²) in [6, 6.07) is 10.5. The fourth-order valence-electron chi connectivity index (χ4n) is 3.57. The number of rotatable bonds is 8. The van der Waals surface area contributed by atoms with Crippen LogP contribution in [0.15, 0.2) is 54.9 Å². The Balaban J connectivity index is 1.79. The molecular weight excluding hydrogens is 459 g/mol. The Morgan fingerprint density at radius 3 is 2.44 bits per heavy atom. The van der Waals surface area contributed by atoms with E-state index in [1.807, 2.05) is 0 Å². The Morgan fingerprint density at radius 2 is 1.76 bits per heavy atom. The maximum atomic E-state index is 14.4. The highest BCUT2D eigenvalue weighted by atomic mass is 28.3. The molecule has 0 aliphatic carbocycles. The van der Waals surface area contributed by atoms with Gasteiger partial charge in [0.15, 0.2) is 17.4 Å². The SMILES string of the molecule is C[Si](C)(C)CCOCn1cc(-c2cccc(F)c2)c2c(Oc3c(F)cc(N)cc3F)ccnc21. The van der Waals surface area contributed by atoms with E-state index in [-0.39, 0.29) is 18.2 Å². The molecule has 4 rings (SSSR count). The number of hydrogen-bond donors (Lipinski definition) is 1. The number of nitrogens with zero attached hydrogens (tertiary/aromatic N) is 2. The van der Waals surface area contributed by atoms with E-state index in [1.54, 1.807) is 22.9 Å². The Hall–Kier alpha value is -3.30. The highest BCUT2D eigenvalue weighted by Gasteiger charge is 2.20. The van der Waals surface area contributed by atoms with Gasteiger partial charge in [-0.1, -0.05) is 31.8 Å². The first-order valence-electron chi connectivity index (χ1n) is 10.9. The van der Waals surface area contributed by atoms with E-state index in [0.29, 0.717) is 28.8 Å². The van der Waals surface area contributed by atoms with Gasteiger partial charge in [0, 0.05) is 50.5 Å². The summed E-state index contributed by atoms with van der Waals surface area (Å²) in [5.74, 6) is -2.67. The molecule has 0 saturated carbocycles. The van der Waals surface area contributed by atoms with Crippen LogP contribution in [-0.4, -0.2) is 24.2 Å². The number of nitrogen functional groups attached to an aromatic ring is 1. The van der Waals surface area contributed by atoms with Crippen molar-refractivity contribution in [2.75, 3.05) is 12.3 Å². The number of nitrogens with two attached hydrogens (primary N) is 1. The number of halogens is 3. The maximum Gasteiger partial charge on any atom is 0.198 e. The molecule has 0 radical (unpaired) electrons. The second-order valence-corrected chi connectivity index (χ2v) is 14.9. The minimum Gasteiger partial charge on any atom is -0.450 e. The van der Waals surface area contributed by atoms with Gasteiger partial charge in [-0.25, -0.2) is 18.2 Å². The van der Waals surface area contributed by atoms with Crippen molar-refractivity contribution in [2.24, 2.45) is 0 Å². The molecule has 0 bridgehead atoms. The lowest BCUT2D eigenvalue weighted by Crippen LogP contribution is -2.22. The molecule has 0 amide bonds. The van der Waals surface area contributed by atoms with Gasteiger partial charge < -0.3 is 19.8 Å². The zero-order valence-corrected chi connectivity index (χ0v) is 20.2. The van der Waals surface area contributed by atoms with Crippen LogP contribution in [0.4, 0.5) is 18.9 Å². The first-order chi connectivity index (χ1) is 16.1. The van der Waals surface area contributed by atoms with Crippen LogP contribution >= 0.6 is 0 Å². The quantitative estimate of drug-likeness (QED) is 0.169. The summed E-state index contributed by atoms with van der Waals surface area (Å²) < 4.78 is 56.3. The van der Waals surface area contributed by atoms with Crippen LogP contribution < -0.4 is 10.5 Å². The molecule has 0 aliphatic rings. The predicted octanol–water partition coefficient (Wildman–Crippen LogP) is 6.81. The molecule has 5 nitrogen and oxygen atoms in total. The monoisotopic (exact) mass is 485 g/mol. The van der Waals surface area contributed by atoms with Crippen LogP contribution in [0.3, 0.4) is 0 Å².